The van der Waals surface area contributed by atoms with E-state index in [1.165, 1.54) is 0 Å². The van der Waals surface area contributed by atoms with Crippen LogP contribution in [0, 0.1) is 0 Å². The van der Waals surface area contributed by atoms with Gasteiger partial charge in [-0.1, -0.05) is 35.8 Å². The van der Waals surface area contributed by atoms with Gasteiger partial charge < -0.3 is 30.6 Å². The number of rotatable bonds is 8. The number of aromatic nitrogens is 2. The fourth-order valence-electron chi connectivity index (χ4n) is 4.99. The van der Waals surface area contributed by atoms with Crippen molar-refractivity contribution in [1.29, 1.82) is 0 Å². The predicted octanol–water partition coefficient (Wildman–Crippen LogP) is 2.15. The van der Waals surface area contributed by atoms with Crippen LogP contribution >= 0.6 is 23.2 Å². The largest absolute Gasteiger partial charge is 0.480 e. The minimum atomic E-state index is -1.29. The second-order valence-electron chi connectivity index (χ2n) is 9.84. The number of hydrogen-bond donors (Lipinski definition) is 4. The van der Waals surface area contributed by atoms with Crippen molar-refractivity contribution in [2.24, 2.45) is 0 Å². The molecule has 0 bridgehead atoms. The lowest BCUT2D eigenvalue weighted by molar-refractivity contribution is -0.139. The summed E-state index contributed by atoms with van der Waals surface area (Å²) < 4.78 is 1.64. The summed E-state index contributed by atoms with van der Waals surface area (Å²) >= 11 is 13.1. The molecule has 1 fully saturated rings. The average molecular weight is 587 g/mol. The quantitative estimate of drug-likeness (QED) is 0.315. The number of aliphatic hydroxyl groups is 1. The third kappa shape index (κ3) is 5.58. The molecule has 3 aromatic rings. The normalized spacial score (nSPS) is 17.4. The summed E-state index contributed by atoms with van der Waals surface area (Å²) in [6, 6.07) is 7.58. The lowest BCUT2D eigenvalue weighted by Gasteiger charge is -2.30. The number of carboxylic acids is 1. The van der Waals surface area contributed by atoms with Gasteiger partial charge in [0, 0.05) is 38.9 Å². The highest BCUT2D eigenvalue weighted by Crippen LogP contribution is 2.35. The molecule has 11 nitrogen and oxygen atoms in total. The molecule has 2 aromatic heterocycles. The van der Waals surface area contributed by atoms with Crippen molar-refractivity contribution >= 4 is 46.5 Å². The van der Waals surface area contributed by atoms with Gasteiger partial charge in [-0.3, -0.25) is 9.59 Å². The monoisotopic (exact) mass is 586 g/mol. The molecule has 13 heteroatoms. The maximum atomic E-state index is 13.2. The van der Waals surface area contributed by atoms with Gasteiger partial charge in [0.1, 0.15) is 6.04 Å². The molecule has 210 valence electrons. The smallest absolute Gasteiger partial charge is 0.328 e. The number of benzene rings is 1. The van der Waals surface area contributed by atoms with Crippen LogP contribution in [-0.4, -0.2) is 85.7 Å². The van der Waals surface area contributed by atoms with E-state index in [-0.39, 0.29) is 34.6 Å². The molecule has 0 spiro atoms. The van der Waals surface area contributed by atoms with Crippen LogP contribution < -0.4 is 10.6 Å². The van der Waals surface area contributed by atoms with Gasteiger partial charge in [-0.25, -0.2) is 9.31 Å². The molecule has 2 atom stereocenters. The Balaban J connectivity index is 1.28. The van der Waals surface area contributed by atoms with Crippen LogP contribution in [0.5, 0.6) is 0 Å². The van der Waals surface area contributed by atoms with Crippen molar-refractivity contribution in [3.8, 4) is 0 Å². The molecule has 1 aromatic carbocycles. The molecule has 2 amide bonds. The number of halogens is 2. The zero-order valence-electron chi connectivity index (χ0n) is 21.4. The first kappa shape index (κ1) is 27.8. The zero-order valence-corrected chi connectivity index (χ0v) is 23.0. The van der Waals surface area contributed by atoms with Crippen LogP contribution in [0.2, 0.25) is 10.0 Å². The molecule has 0 aliphatic carbocycles. The Morgan fingerprint density at radius 1 is 1.18 bits per heavy atom. The Kier molecular flexibility index (Phi) is 7.88. The Labute approximate surface area is 240 Å². The number of amides is 2. The van der Waals surface area contributed by atoms with Gasteiger partial charge in [0.05, 0.1) is 33.1 Å². The second-order valence-corrected chi connectivity index (χ2v) is 10.6. The van der Waals surface area contributed by atoms with Crippen molar-refractivity contribution in [3.63, 3.8) is 0 Å². The topological polar surface area (TPSA) is 140 Å². The zero-order chi connectivity index (χ0) is 28.6. The highest BCUT2D eigenvalue weighted by Gasteiger charge is 2.30. The number of pyridine rings is 1. The molecule has 1 saturated heterocycles. The summed E-state index contributed by atoms with van der Waals surface area (Å²) in [5, 5.41) is 29.3. The Hall–Kier alpha value is -3.80. The van der Waals surface area contributed by atoms with E-state index in [9.17, 15) is 24.6 Å². The number of β-amino-alcohol motifs (C(OH)–C–C–N with tert-alkyl or cyclic N) is 1. The number of carbonyl (C=O) groups is 3. The minimum Gasteiger partial charge on any atom is -0.480 e. The average Bonchev–Trinajstić information content (AvgIpc) is 3.56. The van der Waals surface area contributed by atoms with Gasteiger partial charge in [0.25, 0.3) is 11.8 Å². The fraction of sp³-hybridized carbons (Fsp3) is 0.333. The summed E-state index contributed by atoms with van der Waals surface area (Å²) in [6.45, 7) is 5.35. The molecule has 4 heterocycles. The molecule has 0 radical (unpaired) electrons. The highest BCUT2D eigenvalue weighted by atomic mass is 35.5. The number of fused-ring (bicyclic) bond motifs is 2. The minimum absolute atomic E-state index is 0.0186. The number of aliphatic hydroxyl groups excluding tert-OH is 1. The Bertz CT molecular complexity index is 1480. The summed E-state index contributed by atoms with van der Waals surface area (Å²) in [5.74, 6) is -1.74. The molecule has 4 N–H and O–H groups in total. The molecule has 0 unspecified atom stereocenters. The van der Waals surface area contributed by atoms with E-state index in [1.54, 1.807) is 27.7 Å². The lowest BCUT2D eigenvalue weighted by Crippen LogP contribution is -2.48. The summed E-state index contributed by atoms with van der Waals surface area (Å²) in [5.41, 5.74) is 2.49. The van der Waals surface area contributed by atoms with Crippen molar-refractivity contribution in [2.45, 2.75) is 31.5 Å². The number of nitrogens with zero attached hydrogens (tertiary/aromatic N) is 4. The number of nitrogens with one attached hydrogen (secondary N) is 2. The first-order valence-corrected chi connectivity index (χ1v) is 13.5. The van der Waals surface area contributed by atoms with Gasteiger partial charge in [0.15, 0.2) is 5.69 Å². The first-order valence-electron chi connectivity index (χ1n) is 12.7. The van der Waals surface area contributed by atoms with E-state index < -0.39 is 24.0 Å². The van der Waals surface area contributed by atoms with E-state index in [0.29, 0.717) is 55.1 Å². The Morgan fingerprint density at radius 3 is 2.67 bits per heavy atom. The number of hydrogen-bond acceptors (Lipinski definition) is 7. The molecular weight excluding hydrogens is 559 g/mol. The van der Waals surface area contributed by atoms with Gasteiger partial charge in [-0.15, -0.1) is 0 Å². The lowest BCUT2D eigenvalue weighted by atomic mass is 9.96. The van der Waals surface area contributed by atoms with Crippen molar-refractivity contribution < 1.29 is 24.6 Å². The van der Waals surface area contributed by atoms with Gasteiger partial charge in [-0.05, 0) is 48.2 Å². The molecule has 40 heavy (non-hydrogen) atoms. The third-order valence-corrected chi connectivity index (χ3v) is 7.88. The molecule has 2 aliphatic heterocycles. The summed E-state index contributed by atoms with van der Waals surface area (Å²) in [6.07, 6.45) is 2.29. The molecule has 5 rings (SSSR count). The van der Waals surface area contributed by atoms with E-state index >= 15 is 0 Å². The number of carbonyl (C=O) groups excluding carboxylic acids is 2. The number of likely N-dealkylation sites (tertiary alicyclic amines) is 1. The Morgan fingerprint density at radius 2 is 1.98 bits per heavy atom. The predicted molar refractivity (Wildman–Crippen MR) is 148 cm³/mol. The van der Waals surface area contributed by atoms with Crippen LogP contribution in [0.25, 0.3) is 5.52 Å². The van der Waals surface area contributed by atoms with Crippen LogP contribution in [-0.2, 0) is 17.8 Å². The second kappa shape index (κ2) is 11.4. The summed E-state index contributed by atoms with van der Waals surface area (Å²) in [7, 11) is 0. The van der Waals surface area contributed by atoms with E-state index in [4.69, 9.17) is 23.2 Å². The van der Waals surface area contributed by atoms with Crippen molar-refractivity contribution in [2.75, 3.05) is 26.2 Å². The van der Waals surface area contributed by atoms with Crippen molar-refractivity contribution in [1.82, 2.24) is 30.0 Å². The SMILES string of the molecule is C=C(NC[C@H](NC(=O)c1c(Cl)cc2c(c1Cl)CCN(C(=O)c1cc3ccccn3n1)C2)C(=O)O)N1CC[C@H](O)C1. The maximum Gasteiger partial charge on any atom is 0.328 e. The van der Waals surface area contributed by atoms with E-state index in [0.717, 1.165) is 5.52 Å². The van der Waals surface area contributed by atoms with Crippen LogP contribution in [0.3, 0.4) is 0 Å². The maximum absolute atomic E-state index is 13.2. The standard InChI is InChI=1S/C27H28Cl2N6O5/c1-15(33-8-5-18(36)14-33)30-12-22(27(39)40)31-25(37)23-20(28)10-16-13-34(9-6-19(16)24(23)29)26(38)21-11-17-4-2-3-7-35(17)32-21/h2-4,7,10-11,18,22,30,36H,1,5-6,8-9,12-14H2,(H,31,37)(H,39,40)/t18-,22-/m0/s1. The molecular formula is C27H28Cl2N6O5. The fourth-order valence-corrected chi connectivity index (χ4v) is 5.75. The third-order valence-electron chi connectivity index (χ3n) is 7.17. The van der Waals surface area contributed by atoms with Crippen molar-refractivity contribution in [3.05, 3.63) is 81.4 Å². The summed E-state index contributed by atoms with van der Waals surface area (Å²) in [4.78, 5) is 41.7. The number of aliphatic carboxylic acids is 1. The number of carboxylic acid groups (broad SMARTS) is 1. The van der Waals surface area contributed by atoms with Crippen LogP contribution in [0.15, 0.2) is 48.9 Å². The van der Waals surface area contributed by atoms with Gasteiger partial charge in [0.2, 0.25) is 0 Å². The van der Waals surface area contributed by atoms with E-state index in [1.807, 2.05) is 23.1 Å². The van der Waals surface area contributed by atoms with E-state index in [2.05, 4.69) is 22.3 Å². The van der Waals surface area contributed by atoms with Gasteiger partial charge in [-0.2, -0.15) is 5.10 Å². The molecule has 0 saturated carbocycles. The first-order chi connectivity index (χ1) is 19.1. The molecule has 2 aliphatic rings. The highest BCUT2D eigenvalue weighted by molar-refractivity contribution is 6.40. The van der Waals surface area contributed by atoms with Crippen LogP contribution in [0.4, 0.5) is 0 Å². The van der Waals surface area contributed by atoms with Gasteiger partial charge >= 0.3 is 5.97 Å². The van der Waals surface area contributed by atoms with Crippen LogP contribution in [0.1, 0.15) is 38.4 Å².